The van der Waals surface area contributed by atoms with Crippen LogP contribution in [0.4, 0.5) is 5.69 Å². The molecule has 1 aromatic carbocycles. The molecule has 2 heterocycles. The van der Waals surface area contributed by atoms with Gasteiger partial charge >= 0.3 is 0 Å². The topological polar surface area (TPSA) is 48.4 Å². The Morgan fingerprint density at radius 2 is 2.12 bits per heavy atom. The van der Waals surface area contributed by atoms with E-state index in [2.05, 4.69) is 52.5 Å². The molecule has 4 heteroatoms. The van der Waals surface area contributed by atoms with Gasteiger partial charge in [0.2, 0.25) is 0 Å². The van der Waals surface area contributed by atoms with E-state index in [-0.39, 0.29) is 6.61 Å². The van der Waals surface area contributed by atoms with Crippen LogP contribution in [-0.4, -0.2) is 42.4 Å². The molecule has 25 heavy (non-hydrogen) atoms. The largest absolute Gasteiger partial charge is 0.396 e. The third-order valence-electron chi connectivity index (χ3n) is 5.03. The molecular formula is C21H29N3O. The summed E-state index contributed by atoms with van der Waals surface area (Å²) < 4.78 is 0. The van der Waals surface area contributed by atoms with Crippen LogP contribution in [0.1, 0.15) is 31.7 Å². The van der Waals surface area contributed by atoms with E-state index in [0.717, 1.165) is 31.5 Å². The smallest absolute Gasteiger partial charge is 0.0558 e. The van der Waals surface area contributed by atoms with Crippen molar-refractivity contribution < 1.29 is 5.11 Å². The van der Waals surface area contributed by atoms with Gasteiger partial charge in [-0.1, -0.05) is 24.3 Å². The standard InChI is InChI=1S/C21H29N3O/c1-2-24(11-9-20-8-10-23-20)21-14-19(15-22-16-21)18-7-3-5-17(13-18)6-4-12-25/h3,5,7,13-16,20,23,25H,2,4,6,8-12H2,1H3/t20-/m0/s1. The number of aromatic nitrogens is 1. The highest BCUT2D eigenvalue weighted by molar-refractivity contribution is 5.67. The second-order valence-corrected chi connectivity index (χ2v) is 6.77. The molecular weight excluding hydrogens is 310 g/mol. The number of benzene rings is 1. The zero-order chi connectivity index (χ0) is 17.5. The average molecular weight is 339 g/mol. The van der Waals surface area contributed by atoms with Crippen molar-refractivity contribution >= 4 is 5.69 Å². The normalized spacial score (nSPS) is 16.5. The predicted octanol–water partition coefficient (Wildman–Crippen LogP) is 3.25. The van der Waals surface area contributed by atoms with Crippen LogP contribution in [0.15, 0.2) is 42.7 Å². The van der Waals surface area contributed by atoms with Crippen LogP contribution in [0.2, 0.25) is 0 Å². The predicted molar refractivity (Wildman–Crippen MR) is 104 cm³/mol. The molecule has 2 aromatic rings. The van der Waals surface area contributed by atoms with Gasteiger partial charge in [-0.3, -0.25) is 4.98 Å². The zero-order valence-corrected chi connectivity index (χ0v) is 15.1. The fraction of sp³-hybridized carbons (Fsp3) is 0.476. The van der Waals surface area contributed by atoms with Gasteiger partial charge in [0.15, 0.2) is 0 Å². The van der Waals surface area contributed by atoms with Crippen LogP contribution in [0.25, 0.3) is 11.1 Å². The number of nitrogens with zero attached hydrogens (tertiary/aromatic N) is 2. The van der Waals surface area contributed by atoms with Gasteiger partial charge in [-0.15, -0.1) is 0 Å². The lowest BCUT2D eigenvalue weighted by molar-refractivity contribution is 0.288. The molecule has 0 unspecified atom stereocenters. The minimum atomic E-state index is 0.239. The quantitative estimate of drug-likeness (QED) is 0.736. The monoisotopic (exact) mass is 339 g/mol. The number of hydrogen-bond donors (Lipinski definition) is 2. The summed E-state index contributed by atoms with van der Waals surface area (Å²) in [6, 6.07) is 11.5. The summed E-state index contributed by atoms with van der Waals surface area (Å²) in [5.74, 6) is 0. The van der Waals surface area contributed by atoms with E-state index in [1.54, 1.807) is 0 Å². The van der Waals surface area contributed by atoms with Gasteiger partial charge < -0.3 is 15.3 Å². The molecule has 0 amide bonds. The molecule has 2 N–H and O–H groups in total. The third-order valence-corrected chi connectivity index (χ3v) is 5.03. The van der Waals surface area contributed by atoms with E-state index >= 15 is 0 Å². The lowest BCUT2D eigenvalue weighted by atomic mass is 10.0. The first-order valence-corrected chi connectivity index (χ1v) is 9.43. The molecule has 0 bridgehead atoms. The van der Waals surface area contributed by atoms with Crippen molar-refractivity contribution in [2.45, 2.75) is 38.6 Å². The molecule has 1 aromatic heterocycles. The zero-order valence-electron chi connectivity index (χ0n) is 15.1. The van der Waals surface area contributed by atoms with Gasteiger partial charge in [-0.05, 0) is 56.3 Å². The van der Waals surface area contributed by atoms with Gasteiger partial charge in [0.1, 0.15) is 0 Å². The van der Waals surface area contributed by atoms with Gasteiger partial charge in [-0.25, -0.2) is 0 Å². The minimum Gasteiger partial charge on any atom is -0.396 e. The number of aliphatic hydroxyl groups is 1. The maximum Gasteiger partial charge on any atom is 0.0558 e. The molecule has 0 spiro atoms. The van der Waals surface area contributed by atoms with E-state index < -0.39 is 0 Å². The van der Waals surface area contributed by atoms with Crippen molar-refractivity contribution in [1.29, 1.82) is 0 Å². The van der Waals surface area contributed by atoms with Gasteiger partial charge in [0.05, 0.1) is 11.9 Å². The molecule has 134 valence electrons. The van der Waals surface area contributed by atoms with Crippen molar-refractivity contribution in [3.63, 3.8) is 0 Å². The molecule has 1 atom stereocenters. The van der Waals surface area contributed by atoms with Gasteiger partial charge in [0, 0.05) is 37.5 Å². The second kappa shape index (κ2) is 8.97. The van der Waals surface area contributed by atoms with Crippen LogP contribution in [-0.2, 0) is 6.42 Å². The molecule has 0 saturated carbocycles. The number of rotatable bonds is 9. The maximum atomic E-state index is 9.03. The van der Waals surface area contributed by atoms with E-state index in [0.29, 0.717) is 6.04 Å². The third kappa shape index (κ3) is 4.80. The molecule has 0 aliphatic carbocycles. The van der Waals surface area contributed by atoms with E-state index in [4.69, 9.17) is 5.11 Å². The van der Waals surface area contributed by atoms with Crippen molar-refractivity contribution in [3.8, 4) is 11.1 Å². The molecule has 3 rings (SSSR count). The molecule has 1 aliphatic rings. The summed E-state index contributed by atoms with van der Waals surface area (Å²) in [5.41, 5.74) is 4.81. The van der Waals surface area contributed by atoms with E-state index in [9.17, 15) is 0 Å². The van der Waals surface area contributed by atoms with Gasteiger partial charge in [0.25, 0.3) is 0 Å². The number of aliphatic hydroxyl groups excluding tert-OH is 1. The first-order chi connectivity index (χ1) is 12.3. The lowest BCUT2D eigenvalue weighted by Gasteiger charge is -2.31. The number of anilines is 1. The summed E-state index contributed by atoms with van der Waals surface area (Å²) >= 11 is 0. The van der Waals surface area contributed by atoms with Crippen molar-refractivity contribution in [2.75, 3.05) is 31.1 Å². The molecule has 0 radical (unpaired) electrons. The Labute approximate surface area is 150 Å². The molecule has 1 aliphatic heterocycles. The average Bonchev–Trinajstić information content (AvgIpc) is 2.62. The molecule has 1 fully saturated rings. The summed E-state index contributed by atoms with van der Waals surface area (Å²) in [7, 11) is 0. The summed E-state index contributed by atoms with van der Waals surface area (Å²) in [6.07, 6.45) is 8.12. The highest BCUT2D eigenvalue weighted by Gasteiger charge is 2.17. The number of nitrogens with one attached hydrogen (secondary N) is 1. The number of pyridine rings is 1. The maximum absolute atomic E-state index is 9.03. The van der Waals surface area contributed by atoms with Crippen LogP contribution < -0.4 is 10.2 Å². The Balaban J connectivity index is 1.73. The van der Waals surface area contributed by atoms with Gasteiger partial charge in [-0.2, -0.15) is 0 Å². The second-order valence-electron chi connectivity index (χ2n) is 6.77. The van der Waals surface area contributed by atoms with Crippen LogP contribution in [0.5, 0.6) is 0 Å². The van der Waals surface area contributed by atoms with Crippen LogP contribution in [0.3, 0.4) is 0 Å². The van der Waals surface area contributed by atoms with Crippen LogP contribution in [0, 0.1) is 0 Å². The number of aryl methyl sites for hydroxylation is 1. The lowest BCUT2D eigenvalue weighted by Crippen LogP contribution is -2.44. The highest BCUT2D eigenvalue weighted by Crippen LogP contribution is 2.25. The van der Waals surface area contributed by atoms with E-state index in [1.165, 1.54) is 36.2 Å². The Morgan fingerprint density at radius 1 is 1.24 bits per heavy atom. The highest BCUT2D eigenvalue weighted by atomic mass is 16.2. The number of hydrogen-bond acceptors (Lipinski definition) is 4. The Hall–Kier alpha value is -1.91. The first-order valence-electron chi connectivity index (χ1n) is 9.43. The summed E-state index contributed by atoms with van der Waals surface area (Å²) in [5, 5.41) is 12.5. The van der Waals surface area contributed by atoms with Crippen molar-refractivity contribution in [3.05, 3.63) is 48.3 Å². The summed E-state index contributed by atoms with van der Waals surface area (Å²) in [6.45, 7) is 5.67. The van der Waals surface area contributed by atoms with Crippen LogP contribution >= 0.6 is 0 Å². The molecule has 4 nitrogen and oxygen atoms in total. The Morgan fingerprint density at radius 3 is 2.84 bits per heavy atom. The fourth-order valence-electron chi connectivity index (χ4n) is 3.32. The Bertz CT molecular complexity index is 670. The summed E-state index contributed by atoms with van der Waals surface area (Å²) in [4.78, 5) is 6.89. The first kappa shape index (κ1) is 17.9. The van der Waals surface area contributed by atoms with Crippen molar-refractivity contribution in [1.82, 2.24) is 10.3 Å². The minimum absolute atomic E-state index is 0.239. The fourth-order valence-corrected chi connectivity index (χ4v) is 3.32. The Kier molecular flexibility index (Phi) is 6.42. The van der Waals surface area contributed by atoms with E-state index in [1.807, 2.05) is 12.4 Å². The SMILES string of the molecule is CCN(CC[C@@H]1CCN1)c1cncc(-c2cccc(CCCO)c2)c1. The molecule has 1 saturated heterocycles. The van der Waals surface area contributed by atoms with Crippen molar-refractivity contribution in [2.24, 2.45) is 0 Å².